The number of aliphatic carboxylic acids is 4. The van der Waals surface area contributed by atoms with Crippen LogP contribution in [-0.2, 0) is 19.2 Å². The van der Waals surface area contributed by atoms with Crippen molar-refractivity contribution < 1.29 is 164 Å². The third-order valence-electron chi connectivity index (χ3n) is 2.26. The monoisotopic (exact) mass is 388 g/mol. The maximum Gasteiger partial charge on any atom is 1.00 e. The van der Waals surface area contributed by atoms with Gasteiger partial charge in [0, 0.05) is 13.1 Å². The van der Waals surface area contributed by atoms with Gasteiger partial charge in [0.25, 0.3) is 0 Å². The first-order chi connectivity index (χ1) is 9.23. The molecule has 0 aromatic carbocycles. The minimum absolute atomic E-state index is 0. The Labute approximate surface area is 233 Å². The smallest absolute Gasteiger partial charge is 1.00 e. The van der Waals surface area contributed by atoms with Gasteiger partial charge in [0.05, 0.1) is 12.8 Å². The van der Waals surface area contributed by atoms with Crippen LogP contribution in [0.5, 0.6) is 0 Å². The predicted molar refractivity (Wildman–Crippen MR) is 67.8 cm³/mol. The number of hydrogen-bond donors (Lipinski definition) is 6. The van der Waals surface area contributed by atoms with E-state index >= 15 is 0 Å². The Balaban J connectivity index is -0.0000000645. The molecule has 10 nitrogen and oxygen atoms in total. The molecule has 0 aromatic heterocycles. The molecule has 0 bridgehead atoms. The van der Waals surface area contributed by atoms with Gasteiger partial charge in [-0.15, -0.1) is 0 Å². The van der Waals surface area contributed by atoms with E-state index in [1.165, 1.54) is 0 Å². The molecule has 24 heavy (non-hydrogen) atoms. The minimum atomic E-state index is -1.34. The van der Waals surface area contributed by atoms with Crippen LogP contribution in [0.1, 0.15) is 18.5 Å². The summed E-state index contributed by atoms with van der Waals surface area (Å²) in [7, 11) is 0. The second-order valence-electron chi connectivity index (χ2n) is 3.89. The van der Waals surface area contributed by atoms with Gasteiger partial charge in [-0.05, 0) is 0 Å². The molecule has 0 saturated carbocycles. The molecule has 0 aliphatic carbocycles. The fourth-order valence-electron chi connectivity index (χ4n) is 1.34. The molecule has 0 rings (SSSR count). The van der Waals surface area contributed by atoms with Crippen molar-refractivity contribution >= 4 is 23.9 Å². The number of rotatable bonds is 11. The summed E-state index contributed by atoms with van der Waals surface area (Å²) in [4.78, 5) is 42.2. The number of carboxylic acids is 4. The fourth-order valence-corrected chi connectivity index (χ4v) is 1.34. The van der Waals surface area contributed by atoms with Crippen molar-refractivity contribution in [3.05, 3.63) is 0 Å². The third-order valence-corrected chi connectivity index (χ3v) is 2.26. The first-order valence-corrected chi connectivity index (χ1v) is 5.60. The molecule has 6 N–H and O–H groups in total. The van der Waals surface area contributed by atoms with Crippen LogP contribution in [0.4, 0.5) is 0 Å². The summed E-state index contributed by atoms with van der Waals surface area (Å²) in [6.45, 7) is -0.0404. The summed E-state index contributed by atoms with van der Waals surface area (Å²) < 4.78 is 0. The first kappa shape index (κ1) is 36.7. The summed E-state index contributed by atoms with van der Waals surface area (Å²) in [5.74, 6) is -5.25. The van der Waals surface area contributed by atoms with Gasteiger partial charge in [-0.25, -0.2) is 0 Å². The van der Waals surface area contributed by atoms with Crippen LogP contribution in [0.15, 0.2) is 0 Å². The first-order valence-electron chi connectivity index (χ1n) is 5.60. The average molecular weight is 388 g/mol. The van der Waals surface area contributed by atoms with Gasteiger partial charge in [0.15, 0.2) is 0 Å². The quantitative estimate of drug-likeness (QED) is 0.147. The van der Waals surface area contributed by atoms with E-state index < -0.39 is 48.8 Å². The van der Waals surface area contributed by atoms with Gasteiger partial charge >= 0.3 is 142 Å². The largest absolute Gasteiger partial charge is 1.00 e. The van der Waals surface area contributed by atoms with Gasteiger partial charge in [0.1, 0.15) is 12.1 Å². The van der Waals surface area contributed by atoms with Gasteiger partial charge < -0.3 is 36.8 Å². The number of carbonyl (C=O) groups is 4. The van der Waals surface area contributed by atoms with Crippen LogP contribution < -0.4 is 129 Å². The van der Waals surface area contributed by atoms with Gasteiger partial charge in [-0.1, -0.05) is 0 Å². The van der Waals surface area contributed by atoms with E-state index in [-0.39, 0.29) is 137 Å². The van der Waals surface area contributed by atoms with Gasteiger partial charge in [-0.3, -0.25) is 19.2 Å². The Morgan fingerprint density at radius 1 is 0.667 bits per heavy atom. The SMILES string of the molecule is O=C(O)CC(NCCNC(CC(=O)O)C(=O)O)C(=O)O.[H-].[H-].[H-].[H-].[Na+].[Na+].[Na+].[Na+]. The number of hydrogen-bond acceptors (Lipinski definition) is 6. The Morgan fingerprint density at radius 3 is 1.08 bits per heavy atom. The summed E-state index contributed by atoms with van der Waals surface area (Å²) >= 11 is 0. The topological polar surface area (TPSA) is 173 Å². The predicted octanol–water partition coefficient (Wildman–Crippen LogP) is -13.5. The molecule has 2 unspecified atom stereocenters. The maximum absolute atomic E-state index is 10.7. The van der Waals surface area contributed by atoms with Crippen molar-refractivity contribution in [2.24, 2.45) is 0 Å². The van der Waals surface area contributed by atoms with Crippen molar-refractivity contribution in [1.29, 1.82) is 0 Å². The summed E-state index contributed by atoms with van der Waals surface area (Å²) in [6, 6.07) is -2.59. The molecular formula is C10H20N2Na4O8. The Morgan fingerprint density at radius 2 is 0.917 bits per heavy atom. The Bertz CT molecular complexity index is 380. The summed E-state index contributed by atoms with van der Waals surface area (Å²) in [6.07, 6.45) is -1.24. The third kappa shape index (κ3) is 20.1. The minimum Gasteiger partial charge on any atom is -1.00 e. The van der Waals surface area contributed by atoms with Crippen molar-refractivity contribution in [3.63, 3.8) is 0 Å². The molecule has 0 aliphatic rings. The zero-order valence-electron chi connectivity index (χ0n) is 18.4. The van der Waals surface area contributed by atoms with Gasteiger partial charge in [0.2, 0.25) is 0 Å². The van der Waals surface area contributed by atoms with Crippen LogP contribution in [0, 0.1) is 0 Å². The van der Waals surface area contributed by atoms with E-state index in [0.29, 0.717) is 0 Å². The molecule has 0 aromatic rings. The second kappa shape index (κ2) is 21.1. The molecule has 122 valence electrons. The average Bonchev–Trinajstić information content (AvgIpc) is 2.29. The molecule has 0 saturated heterocycles. The van der Waals surface area contributed by atoms with E-state index in [1.54, 1.807) is 0 Å². The molecule has 0 heterocycles. The zero-order chi connectivity index (χ0) is 15.7. The second-order valence-corrected chi connectivity index (χ2v) is 3.89. The summed E-state index contributed by atoms with van der Waals surface area (Å²) in [5.41, 5.74) is 0. The molecule has 14 heteroatoms. The van der Waals surface area contributed by atoms with Crippen LogP contribution in [-0.4, -0.2) is 69.5 Å². The van der Waals surface area contributed by atoms with Crippen molar-refractivity contribution in [1.82, 2.24) is 10.6 Å². The molecule has 0 fully saturated rings. The van der Waals surface area contributed by atoms with E-state index in [9.17, 15) is 19.2 Å². The van der Waals surface area contributed by atoms with Gasteiger partial charge in [-0.2, -0.15) is 0 Å². The fraction of sp³-hybridized carbons (Fsp3) is 0.600. The van der Waals surface area contributed by atoms with Crippen LogP contribution in [0.25, 0.3) is 0 Å². The molecule has 0 spiro atoms. The molecule has 2 atom stereocenters. The maximum atomic E-state index is 10.7. The van der Waals surface area contributed by atoms with E-state index in [0.717, 1.165) is 0 Å². The standard InChI is InChI=1S/C10H16N2O8.4Na.4H/c13-7(14)3-5(9(17)18)11-1-2-12-6(10(19)20)4-8(15)16;;;;;;;;/h5-6,11-12H,1-4H2,(H,13,14)(H,15,16)(H,17,18)(H,19,20);;;;;;;;/q;4*+1;4*-1. The van der Waals surface area contributed by atoms with Crippen molar-refractivity contribution in [2.45, 2.75) is 24.9 Å². The molecular weight excluding hydrogens is 368 g/mol. The normalized spacial score (nSPS) is 11.2. The Hall–Kier alpha value is 1.80. The Kier molecular flexibility index (Phi) is 32.3. The molecule has 0 aliphatic heterocycles. The van der Waals surface area contributed by atoms with Crippen LogP contribution in [0.2, 0.25) is 0 Å². The number of nitrogens with one attached hydrogen (secondary N) is 2. The van der Waals surface area contributed by atoms with Crippen LogP contribution >= 0.6 is 0 Å². The summed E-state index contributed by atoms with van der Waals surface area (Å²) in [5, 5.41) is 39.2. The van der Waals surface area contributed by atoms with Crippen molar-refractivity contribution in [3.8, 4) is 0 Å². The van der Waals surface area contributed by atoms with Crippen molar-refractivity contribution in [2.75, 3.05) is 13.1 Å². The molecule has 0 amide bonds. The number of carboxylic acid groups (broad SMARTS) is 4. The van der Waals surface area contributed by atoms with E-state index in [4.69, 9.17) is 20.4 Å². The zero-order valence-corrected chi connectivity index (χ0v) is 22.4. The van der Waals surface area contributed by atoms with E-state index in [2.05, 4.69) is 10.6 Å². The van der Waals surface area contributed by atoms with Crippen LogP contribution in [0.3, 0.4) is 0 Å². The van der Waals surface area contributed by atoms with E-state index in [1.807, 2.05) is 0 Å². The molecule has 0 radical (unpaired) electrons.